The van der Waals surface area contributed by atoms with Gasteiger partial charge in [0.1, 0.15) is 12.4 Å². The van der Waals surface area contributed by atoms with E-state index < -0.39 is 0 Å². The van der Waals surface area contributed by atoms with E-state index in [0.29, 0.717) is 16.9 Å². The number of ether oxygens (including phenoxy) is 1. The van der Waals surface area contributed by atoms with Gasteiger partial charge in [-0.15, -0.1) is 0 Å². The third kappa shape index (κ3) is 5.11. The Labute approximate surface area is 96.1 Å². The van der Waals surface area contributed by atoms with Crippen molar-refractivity contribution in [3.63, 3.8) is 0 Å². The van der Waals surface area contributed by atoms with Crippen molar-refractivity contribution in [3.05, 3.63) is 29.3 Å². The topological polar surface area (TPSA) is 69.9 Å². The molecule has 0 spiro atoms. The Kier molecular flexibility index (Phi) is 8.52. The van der Waals surface area contributed by atoms with E-state index in [0.717, 1.165) is 0 Å². The van der Waals surface area contributed by atoms with Gasteiger partial charge in [0.2, 0.25) is 0 Å². The second kappa shape index (κ2) is 9.15. The lowest BCUT2D eigenvalue weighted by Crippen LogP contribution is -2.02. The number of aliphatic hydroxyl groups excluding tert-OH is 3. The number of hydrogen-bond acceptors (Lipinski definition) is 4. The number of benzene rings is 1. The van der Waals surface area contributed by atoms with Crippen LogP contribution in [0.2, 0.25) is 0 Å². The van der Waals surface area contributed by atoms with Crippen LogP contribution < -0.4 is 4.74 Å². The van der Waals surface area contributed by atoms with Crippen molar-refractivity contribution < 1.29 is 20.1 Å². The predicted octanol–water partition coefficient (Wildman–Crippen LogP) is 1.07. The van der Waals surface area contributed by atoms with Gasteiger partial charge in [-0.2, -0.15) is 0 Å². The van der Waals surface area contributed by atoms with Gasteiger partial charge in [-0.3, -0.25) is 0 Å². The summed E-state index contributed by atoms with van der Waals surface area (Å²) >= 11 is 0. The van der Waals surface area contributed by atoms with Crippen molar-refractivity contribution in [2.24, 2.45) is 0 Å². The fourth-order valence-electron chi connectivity index (χ4n) is 1.16. The normalized spacial score (nSPS) is 9.31. The van der Waals surface area contributed by atoms with E-state index >= 15 is 0 Å². The Morgan fingerprint density at radius 1 is 0.938 bits per heavy atom. The minimum atomic E-state index is -0.0939. The number of aliphatic hydroxyl groups is 3. The molecule has 0 unspecified atom stereocenters. The Hall–Kier alpha value is -1.10. The van der Waals surface area contributed by atoms with Gasteiger partial charge < -0.3 is 20.1 Å². The van der Waals surface area contributed by atoms with Crippen molar-refractivity contribution in [1.29, 1.82) is 0 Å². The zero-order valence-corrected chi connectivity index (χ0v) is 9.81. The minimum absolute atomic E-state index is 0.0577. The van der Waals surface area contributed by atoms with Gasteiger partial charge in [-0.1, -0.05) is 19.9 Å². The molecule has 0 aromatic heterocycles. The van der Waals surface area contributed by atoms with E-state index in [-0.39, 0.29) is 26.4 Å². The largest absolute Gasteiger partial charge is 0.491 e. The van der Waals surface area contributed by atoms with E-state index in [1.165, 1.54) is 0 Å². The van der Waals surface area contributed by atoms with Gasteiger partial charge in [0, 0.05) is 0 Å². The molecule has 0 heterocycles. The zero-order chi connectivity index (χ0) is 12.4. The van der Waals surface area contributed by atoms with Gasteiger partial charge in [0.25, 0.3) is 0 Å². The van der Waals surface area contributed by atoms with E-state index in [2.05, 4.69) is 0 Å². The van der Waals surface area contributed by atoms with Crippen molar-refractivity contribution in [1.82, 2.24) is 0 Å². The molecule has 0 saturated carbocycles. The molecule has 1 rings (SSSR count). The molecular formula is C12H20O4. The lowest BCUT2D eigenvalue weighted by molar-refractivity contribution is 0.200. The quantitative estimate of drug-likeness (QED) is 0.705. The van der Waals surface area contributed by atoms with Crippen LogP contribution in [0, 0.1) is 0 Å². The number of hydrogen-bond donors (Lipinski definition) is 3. The molecule has 3 N–H and O–H groups in total. The smallest absolute Gasteiger partial charge is 0.120 e. The summed E-state index contributed by atoms with van der Waals surface area (Å²) < 4.78 is 5.17. The Morgan fingerprint density at radius 2 is 1.44 bits per heavy atom. The molecule has 0 amide bonds. The standard InChI is InChI=1S/C10H14O4.C2H6/c11-1-2-14-10-4-8(6-12)3-9(5-10)7-13;1-2/h3-5,11-13H,1-2,6-7H2;1-2H3. The Morgan fingerprint density at radius 3 is 1.81 bits per heavy atom. The zero-order valence-electron chi connectivity index (χ0n) is 9.81. The van der Waals surface area contributed by atoms with Crippen molar-refractivity contribution in [3.8, 4) is 5.75 Å². The number of rotatable bonds is 5. The lowest BCUT2D eigenvalue weighted by Gasteiger charge is -2.08. The third-order valence-corrected chi connectivity index (χ3v) is 1.75. The average Bonchev–Trinajstić information content (AvgIpc) is 2.38. The first-order valence-corrected chi connectivity index (χ1v) is 5.38. The molecule has 0 aliphatic heterocycles. The molecule has 4 heteroatoms. The van der Waals surface area contributed by atoms with E-state index in [9.17, 15) is 0 Å². The van der Waals surface area contributed by atoms with Crippen LogP contribution in [-0.4, -0.2) is 28.5 Å². The molecule has 0 fully saturated rings. The highest BCUT2D eigenvalue weighted by molar-refractivity contribution is 5.33. The Balaban J connectivity index is 0.00000106. The van der Waals surface area contributed by atoms with Gasteiger partial charge in [-0.05, 0) is 23.3 Å². The van der Waals surface area contributed by atoms with E-state index in [4.69, 9.17) is 20.1 Å². The fourth-order valence-corrected chi connectivity index (χ4v) is 1.16. The third-order valence-electron chi connectivity index (χ3n) is 1.75. The van der Waals surface area contributed by atoms with Crippen LogP contribution in [0.1, 0.15) is 25.0 Å². The lowest BCUT2D eigenvalue weighted by atomic mass is 10.1. The summed E-state index contributed by atoms with van der Waals surface area (Å²) in [5, 5.41) is 26.4. The van der Waals surface area contributed by atoms with Crippen molar-refractivity contribution >= 4 is 0 Å². The van der Waals surface area contributed by atoms with Gasteiger partial charge in [-0.25, -0.2) is 0 Å². The average molecular weight is 228 g/mol. The molecule has 1 aromatic carbocycles. The molecule has 0 saturated heterocycles. The maximum Gasteiger partial charge on any atom is 0.120 e. The van der Waals surface area contributed by atoms with Crippen LogP contribution in [0.5, 0.6) is 5.75 Å². The van der Waals surface area contributed by atoms with Gasteiger partial charge >= 0.3 is 0 Å². The molecule has 0 aliphatic carbocycles. The predicted molar refractivity (Wildman–Crippen MR) is 62.2 cm³/mol. The molecule has 4 nitrogen and oxygen atoms in total. The molecule has 1 aromatic rings. The molecule has 0 bridgehead atoms. The first-order valence-electron chi connectivity index (χ1n) is 5.38. The first-order chi connectivity index (χ1) is 7.80. The van der Waals surface area contributed by atoms with Crippen LogP contribution in [0.15, 0.2) is 18.2 Å². The molecule has 0 atom stereocenters. The molecule has 16 heavy (non-hydrogen) atoms. The minimum Gasteiger partial charge on any atom is -0.491 e. The summed E-state index contributed by atoms with van der Waals surface area (Å²) in [5.74, 6) is 0.551. The summed E-state index contributed by atoms with van der Waals surface area (Å²) in [7, 11) is 0. The van der Waals surface area contributed by atoms with Crippen LogP contribution in [0.4, 0.5) is 0 Å². The summed E-state index contributed by atoms with van der Waals surface area (Å²) in [6.07, 6.45) is 0. The van der Waals surface area contributed by atoms with Gasteiger partial charge in [0.05, 0.1) is 19.8 Å². The molecular weight excluding hydrogens is 208 g/mol. The van der Waals surface area contributed by atoms with E-state index in [1.54, 1.807) is 18.2 Å². The second-order valence-electron chi connectivity index (χ2n) is 2.87. The van der Waals surface area contributed by atoms with Crippen molar-refractivity contribution in [2.75, 3.05) is 13.2 Å². The van der Waals surface area contributed by atoms with Crippen molar-refractivity contribution in [2.45, 2.75) is 27.1 Å². The molecule has 92 valence electrons. The van der Waals surface area contributed by atoms with Crippen LogP contribution >= 0.6 is 0 Å². The summed E-state index contributed by atoms with van der Waals surface area (Å²) in [4.78, 5) is 0. The Bertz CT molecular complexity index is 264. The molecule has 0 aliphatic rings. The fraction of sp³-hybridized carbons (Fsp3) is 0.500. The second-order valence-corrected chi connectivity index (χ2v) is 2.87. The van der Waals surface area contributed by atoms with E-state index in [1.807, 2.05) is 13.8 Å². The first kappa shape index (κ1) is 14.9. The maximum absolute atomic E-state index is 8.92. The summed E-state index contributed by atoms with van der Waals surface area (Å²) in [6, 6.07) is 5.05. The summed E-state index contributed by atoms with van der Waals surface area (Å²) in [5.41, 5.74) is 1.37. The monoisotopic (exact) mass is 228 g/mol. The van der Waals surface area contributed by atoms with Crippen LogP contribution in [0.3, 0.4) is 0 Å². The highest BCUT2D eigenvalue weighted by Gasteiger charge is 2.00. The maximum atomic E-state index is 8.92. The highest BCUT2D eigenvalue weighted by atomic mass is 16.5. The van der Waals surface area contributed by atoms with Crippen LogP contribution in [-0.2, 0) is 13.2 Å². The SMILES string of the molecule is CC.OCCOc1cc(CO)cc(CO)c1. The summed E-state index contributed by atoms with van der Waals surface area (Å²) in [6.45, 7) is 3.96. The van der Waals surface area contributed by atoms with Crippen LogP contribution in [0.25, 0.3) is 0 Å². The molecule has 0 radical (unpaired) electrons. The van der Waals surface area contributed by atoms with Gasteiger partial charge in [0.15, 0.2) is 0 Å². The highest BCUT2D eigenvalue weighted by Crippen LogP contribution is 2.17.